The van der Waals surface area contributed by atoms with Crippen LogP contribution in [-0.4, -0.2) is 27.2 Å². The van der Waals surface area contributed by atoms with Crippen molar-refractivity contribution in [3.8, 4) is 0 Å². The SMILES string of the molecule is Cc1cc([N+](=O)[O-])nn1CCNC(=O)/C=C/c1ccc(F)cc1. The van der Waals surface area contributed by atoms with Crippen molar-refractivity contribution in [3.05, 3.63) is 63.6 Å². The summed E-state index contributed by atoms with van der Waals surface area (Å²) >= 11 is 0. The van der Waals surface area contributed by atoms with Gasteiger partial charge in [0.25, 0.3) is 0 Å². The number of nitrogens with one attached hydrogen (secondary N) is 1. The lowest BCUT2D eigenvalue weighted by Gasteiger charge is -2.01. The molecule has 0 unspecified atom stereocenters. The maximum Gasteiger partial charge on any atom is 0.390 e. The first-order valence-corrected chi connectivity index (χ1v) is 6.86. The summed E-state index contributed by atoms with van der Waals surface area (Å²) in [5, 5.41) is 17.1. The van der Waals surface area contributed by atoms with Crippen LogP contribution in [0.2, 0.25) is 0 Å². The van der Waals surface area contributed by atoms with Crippen LogP contribution in [0.3, 0.4) is 0 Å². The van der Waals surface area contributed by atoms with Crippen LogP contribution in [0.15, 0.2) is 36.4 Å². The molecule has 0 bridgehead atoms. The van der Waals surface area contributed by atoms with Crippen LogP contribution in [-0.2, 0) is 11.3 Å². The van der Waals surface area contributed by atoms with Crippen molar-refractivity contribution in [2.75, 3.05) is 6.54 Å². The third kappa shape index (κ3) is 4.73. The minimum Gasteiger partial charge on any atom is -0.358 e. The van der Waals surface area contributed by atoms with Gasteiger partial charge in [-0.15, -0.1) is 0 Å². The number of aromatic nitrogens is 2. The Kier molecular flexibility index (Phi) is 5.19. The van der Waals surface area contributed by atoms with E-state index in [1.807, 2.05) is 0 Å². The molecule has 0 aliphatic carbocycles. The minimum absolute atomic E-state index is 0.218. The minimum atomic E-state index is -0.562. The molecule has 1 aromatic carbocycles. The zero-order valence-corrected chi connectivity index (χ0v) is 12.4. The van der Waals surface area contributed by atoms with Gasteiger partial charge < -0.3 is 15.4 Å². The first-order chi connectivity index (χ1) is 11.0. The molecule has 0 spiro atoms. The molecular formula is C15H15FN4O3. The Bertz CT molecular complexity index is 738. The van der Waals surface area contributed by atoms with Crippen LogP contribution in [0.5, 0.6) is 0 Å². The molecule has 0 aliphatic rings. The molecule has 0 saturated heterocycles. The Morgan fingerprint density at radius 1 is 1.43 bits per heavy atom. The molecule has 7 nitrogen and oxygen atoms in total. The molecule has 0 aliphatic heterocycles. The van der Waals surface area contributed by atoms with Gasteiger partial charge in [0.2, 0.25) is 5.91 Å². The van der Waals surface area contributed by atoms with E-state index in [1.54, 1.807) is 25.1 Å². The molecule has 0 atom stereocenters. The highest BCUT2D eigenvalue weighted by Gasteiger charge is 2.14. The van der Waals surface area contributed by atoms with Crippen molar-refractivity contribution in [3.63, 3.8) is 0 Å². The molecule has 120 valence electrons. The highest BCUT2D eigenvalue weighted by atomic mass is 19.1. The van der Waals surface area contributed by atoms with E-state index in [4.69, 9.17) is 0 Å². The zero-order valence-electron chi connectivity index (χ0n) is 12.4. The van der Waals surface area contributed by atoms with Gasteiger partial charge in [-0.05, 0) is 35.6 Å². The lowest BCUT2D eigenvalue weighted by molar-refractivity contribution is -0.389. The molecule has 8 heteroatoms. The Morgan fingerprint density at radius 3 is 2.74 bits per heavy atom. The number of benzene rings is 1. The highest BCUT2D eigenvalue weighted by molar-refractivity contribution is 5.91. The molecule has 2 aromatic rings. The van der Waals surface area contributed by atoms with E-state index in [9.17, 15) is 19.3 Å². The first kappa shape index (κ1) is 16.3. The Balaban J connectivity index is 1.83. The van der Waals surface area contributed by atoms with Crippen molar-refractivity contribution in [1.29, 1.82) is 0 Å². The molecule has 0 radical (unpaired) electrons. The van der Waals surface area contributed by atoms with Gasteiger partial charge in [0.15, 0.2) is 0 Å². The second-order valence-electron chi connectivity index (χ2n) is 4.80. The fourth-order valence-corrected chi connectivity index (χ4v) is 1.90. The third-order valence-electron chi connectivity index (χ3n) is 3.08. The molecule has 2 rings (SSSR count). The second-order valence-corrected chi connectivity index (χ2v) is 4.80. The molecule has 0 fully saturated rings. The van der Waals surface area contributed by atoms with Crippen LogP contribution >= 0.6 is 0 Å². The summed E-state index contributed by atoms with van der Waals surface area (Å²) in [5.74, 6) is -0.867. The number of carbonyl (C=O) groups is 1. The van der Waals surface area contributed by atoms with Gasteiger partial charge in [0.1, 0.15) is 5.82 Å². The Hall–Kier alpha value is -3.03. The van der Waals surface area contributed by atoms with Crippen LogP contribution in [0.25, 0.3) is 6.08 Å². The van der Waals surface area contributed by atoms with Gasteiger partial charge in [-0.1, -0.05) is 12.1 Å². The zero-order chi connectivity index (χ0) is 16.8. The summed E-state index contributed by atoms with van der Waals surface area (Å²) in [6.07, 6.45) is 2.91. The van der Waals surface area contributed by atoms with Crippen molar-refractivity contribution in [2.24, 2.45) is 0 Å². The number of aryl methyl sites for hydroxylation is 1. The second kappa shape index (κ2) is 7.30. The molecule has 1 amide bonds. The largest absolute Gasteiger partial charge is 0.390 e. The van der Waals surface area contributed by atoms with E-state index >= 15 is 0 Å². The van der Waals surface area contributed by atoms with Crippen LogP contribution in [0, 0.1) is 22.9 Å². The summed E-state index contributed by atoms with van der Waals surface area (Å²) in [6, 6.07) is 7.11. The van der Waals surface area contributed by atoms with Crippen molar-refractivity contribution < 1.29 is 14.1 Å². The van der Waals surface area contributed by atoms with E-state index < -0.39 is 4.92 Å². The Labute approximate surface area is 131 Å². The van der Waals surface area contributed by atoms with E-state index in [0.29, 0.717) is 17.8 Å². The predicted molar refractivity (Wildman–Crippen MR) is 82.1 cm³/mol. The Morgan fingerprint density at radius 2 is 2.13 bits per heavy atom. The van der Waals surface area contributed by atoms with Gasteiger partial charge in [0, 0.05) is 12.6 Å². The summed E-state index contributed by atoms with van der Waals surface area (Å²) in [7, 11) is 0. The average Bonchev–Trinajstić information content (AvgIpc) is 2.88. The van der Waals surface area contributed by atoms with Gasteiger partial charge >= 0.3 is 5.82 Å². The lowest BCUT2D eigenvalue weighted by Crippen LogP contribution is -2.26. The molecule has 1 N–H and O–H groups in total. The lowest BCUT2D eigenvalue weighted by atomic mass is 10.2. The smallest absolute Gasteiger partial charge is 0.358 e. The van der Waals surface area contributed by atoms with Crippen molar-refractivity contribution in [2.45, 2.75) is 13.5 Å². The van der Waals surface area contributed by atoms with Gasteiger partial charge in [-0.2, -0.15) is 4.68 Å². The topological polar surface area (TPSA) is 90.1 Å². The first-order valence-electron chi connectivity index (χ1n) is 6.86. The number of rotatable bonds is 6. The number of halogens is 1. The van der Waals surface area contributed by atoms with Crippen LogP contribution in [0.4, 0.5) is 10.2 Å². The fraction of sp³-hybridized carbons (Fsp3) is 0.200. The van der Waals surface area contributed by atoms with Crippen LogP contribution < -0.4 is 5.32 Å². The number of carbonyl (C=O) groups excluding carboxylic acids is 1. The normalized spacial score (nSPS) is 10.9. The monoisotopic (exact) mass is 318 g/mol. The third-order valence-corrected chi connectivity index (χ3v) is 3.08. The quantitative estimate of drug-likeness (QED) is 0.501. The van der Waals surface area contributed by atoms with E-state index in [1.165, 1.54) is 29.0 Å². The number of hydrogen-bond donors (Lipinski definition) is 1. The number of nitrogens with zero attached hydrogens (tertiary/aromatic N) is 3. The van der Waals surface area contributed by atoms with E-state index in [0.717, 1.165) is 0 Å². The van der Waals surface area contributed by atoms with Crippen LogP contribution in [0.1, 0.15) is 11.3 Å². The molecule has 23 heavy (non-hydrogen) atoms. The van der Waals surface area contributed by atoms with Crippen molar-refractivity contribution >= 4 is 17.8 Å². The van der Waals surface area contributed by atoms with E-state index in [-0.39, 0.29) is 24.1 Å². The number of nitro groups is 1. The molecular weight excluding hydrogens is 303 g/mol. The molecule has 1 aromatic heterocycles. The summed E-state index contributed by atoms with van der Waals surface area (Å²) in [5.41, 5.74) is 1.35. The van der Waals surface area contributed by atoms with Gasteiger partial charge in [0.05, 0.1) is 23.4 Å². The van der Waals surface area contributed by atoms with E-state index in [2.05, 4.69) is 10.4 Å². The average molecular weight is 318 g/mol. The molecule has 1 heterocycles. The summed E-state index contributed by atoms with van der Waals surface area (Å²) in [6.45, 7) is 2.32. The summed E-state index contributed by atoms with van der Waals surface area (Å²) < 4.78 is 14.2. The van der Waals surface area contributed by atoms with Gasteiger partial charge in [-0.25, -0.2) is 4.39 Å². The fourth-order valence-electron chi connectivity index (χ4n) is 1.90. The van der Waals surface area contributed by atoms with Gasteiger partial charge in [-0.3, -0.25) is 4.79 Å². The maximum atomic E-state index is 12.7. The maximum absolute atomic E-state index is 12.7. The highest BCUT2D eigenvalue weighted by Crippen LogP contribution is 2.10. The predicted octanol–water partition coefficient (Wildman–Crippen LogP) is 2.07. The number of amides is 1. The standard InChI is InChI=1S/C15H15FN4O3/c1-11-10-14(20(22)23)18-19(11)9-8-17-15(21)7-4-12-2-5-13(16)6-3-12/h2-7,10H,8-9H2,1H3,(H,17,21)/b7-4+. The van der Waals surface area contributed by atoms with Crippen molar-refractivity contribution in [1.82, 2.24) is 15.1 Å². The number of hydrogen-bond acceptors (Lipinski definition) is 4. The summed E-state index contributed by atoms with van der Waals surface area (Å²) in [4.78, 5) is 21.7. The molecule has 0 saturated carbocycles.